The van der Waals surface area contributed by atoms with Crippen molar-refractivity contribution in [3.63, 3.8) is 0 Å². The van der Waals surface area contributed by atoms with E-state index in [2.05, 4.69) is 10.1 Å². The maximum Gasteiger partial charge on any atom is 0.324 e. The number of ketones is 1. The molecular weight excluding hydrogens is 262 g/mol. The number of Topliss-reactive ketones (excluding diaryl/α,β-unsaturated/α-hetero) is 1. The van der Waals surface area contributed by atoms with Crippen molar-refractivity contribution in [1.82, 2.24) is 5.32 Å². The minimum atomic E-state index is -0.413. The summed E-state index contributed by atoms with van der Waals surface area (Å²) >= 11 is 0. The molecule has 0 spiro atoms. The number of hydrogen-bond donors (Lipinski definition) is 1. The van der Waals surface area contributed by atoms with Crippen molar-refractivity contribution in [2.75, 3.05) is 0 Å². The van der Waals surface area contributed by atoms with Gasteiger partial charge in [-0.3, -0.25) is 4.79 Å². The molecule has 0 aliphatic carbocycles. The maximum atomic E-state index is 12.0. The second kappa shape index (κ2) is 7.90. The second-order valence-electron chi connectivity index (χ2n) is 4.76. The molecule has 0 fully saturated rings. The first-order chi connectivity index (χ1) is 10.3. The molecule has 1 atom stereocenters. The van der Waals surface area contributed by atoms with Crippen LogP contribution in [0.15, 0.2) is 60.7 Å². The van der Waals surface area contributed by atoms with E-state index in [-0.39, 0.29) is 5.78 Å². The zero-order valence-corrected chi connectivity index (χ0v) is 11.6. The van der Waals surface area contributed by atoms with Crippen LogP contribution in [-0.4, -0.2) is 22.8 Å². The average molecular weight is 279 g/mol. The summed E-state index contributed by atoms with van der Waals surface area (Å²) in [5.41, 5.74) is 10.7. The van der Waals surface area contributed by atoms with Crippen molar-refractivity contribution >= 4 is 12.0 Å². The number of nitrogens with one attached hydrogen (secondary N) is 1. The van der Waals surface area contributed by atoms with Crippen molar-refractivity contribution in [2.24, 2.45) is 0 Å². The minimum absolute atomic E-state index is 0.239. The highest BCUT2D eigenvalue weighted by molar-refractivity contribution is 6.27. The summed E-state index contributed by atoms with van der Waals surface area (Å²) in [6.45, 7) is 0.587. The molecule has 0 aromatic heterocycles. The van der Waals surface area contributed by atoms with Gasteiger partial charge >= 0.3 is 6.21 Å². The highest BCUT2D eigenvalue weighted by Gasteiger charge is 2.19. The molecule has 21 heavy (non-hydrogen) atoms. The standard InChI is InChI=1S/C17H17N3O/c18-20-13-17(21)16(11-14-7-3-1-4-8-14)19-12-15-9-5-2-6-10-15/h1-10,13,16,19H,11-12H2. The Bertz CT molecular complexity index is 619. The van der Waals surface area contributed by atoms with Crippen molar-refractivity contribution in [2.45, 2.75) is 19.0 Å². The van der Waals surface area contributed by atoms with Gasteiger partial charge in [-0.15, -0.1) is 0 Å². The fourth-order valence-electron chi connectivity index (χ4n) is 2.11. The molecule has 4 heteroatoms. The lowest BCUT2D eigenvalue weighted by atomic mass is 10.0. The predicted octanol–water partition coefficient (Wildman–Crippen LogP) is 2.26. The summed E-state index contributed by atoms with van der Waals surface area (Å²) in [5.74, 6) is -0.239. The molecule has 2 aromatic carbocycles. The fraction of sp³-hybridized carbons (Fsp3) is 0.176. The van der Waals surface area contributed by atoms with E-state index in [0.717, 1.165) is 17.3 Å². The van der Waals surface area contributed by atoms with Crippen molar-refractivity contribution in [1.29, 1.82) is 0 Å². The molecule has 0 heterocycles. The Labute approximate surface area is 124 Å². The van der Waals surface area contributed by atoms with Gasteiger partial charge in [-0.1, -0.05) is 60.7 Å². The lowest BCUT2D eigenvalue weighted by Gasteiger charge is -2.14. The van der Waals surface area contributed by atoms with Gasteiger partial charge in [-0.25, -0.2) is 0 Å². The number of hydrogen-bond acceptors (Lipinski definition) is 2. The number of carbonyl (C=O) groups is 1. The maximum absolute atomic E-state index is 12.0. The Kier molecular flexibility index (Phi) is 5.59. The van der Waals surface area contributed by atoms with Crippen LogP contribution in [0.4, 0.5) is 0 Å². The van der Waals surface area contributed by atoms with Crippen LogP contribution in [0.1, 0.15) is 11.1 Å². The first-order valence-corrected chi connectivity index (χ1v) is 6.82. The molecule has 0 radical (unpaired) electrons. The van der Waals surface area contributed by atoms with Gasteiger partial charge in [0.1, 0.15) is 0 Å². The summed E-state index contributed by atoms with van der Waals surface area (Å²) in [7, 11) is 0. The molecule has 1 N–H and O–H groups in total. The molecule has 0 amide bonds. The van der Waals surface area contributed by atoms with E-state index in [1.807, 2.05) is 60.7 Å². The van der Waals surface area contributed by atoms with E-state index in [4.69, 9.17) is 5.53 Å². The molecule has 0 aliphatic heterocycles. The fourth-order valence-corrected chi connectivity index (χ4v) is 2.11. The lowest BCUT2D eigenvalue weighted by Crippen LogP contribution is -2.39. The van der Waals surface area contributed by atoms with Crippen molar-refractivity contribution in [3.05, 3.63) is 77.3 Å². The molecule has 0 saturated carbocycles. The highest BCUT2D eigenvalue weighted by Crippen LogP contribution is 2.05. The van der Waals surface area contributed by atoms with Crippen LogP contribution in [0.2, 0.25) is 0 Å². The van der Waals surface area contributed by atoms with Gasteiger partial charge in [0.25, 0.3) is 5.78 Å². The van der Waals surface area contributed by atoms with Gasteiger partial charge in [0.2, 0.25) is 0 Å². The Morgan fingerprint density at radius 1 is 1.05 bits per heavy atom. The largest absolute Gasteiger partial charge is 0.361 e. The third-order valence-electron chi connectivity index (χ3n) is 3.21. The number of rotatable bonds is 7. The van der Waals surface area contributed by atoms with Crippen LogP contribution in [0, 0.1) is 0 Å². The van der Waals surface area contributed by atoms with Gasteiger partial charge in [0.05, 0.1) is 6.04 Å². The third-order valence-corrected chi connectivity index (χ3v) is 3.21. The Balaban J connectivity index is 2.05. The first kappa shape index (κ1) is 14.9. The van der Waals surface area contributed by atoms with Crippen LogP contribution in [-0.2, 0) is 17.8 Å². The minimum Gasteiger partial charge on any atom is -0.361 e. The predicted molar refractivity (Wildman–Crippen MR) is 81.9 cm³/mol. The summed E-state index contributed by atoms with van der Waals surface area (Å²) < 4.78 is 0. The van der Waals surface area contributed by atoms with Gasteiger partial charge in [0, 0.05) is 6.54 Å². The monoisotopic (exact) mass is 279 g/mol. The van der Waals surface area contributed by atoms with Gasteiger partial charge in [-0.2, -0.15) is 4.79 Å². The molecular formula is C17H17N3O. The van der Waals surface area contributed by atoms with Crippen LogP contribution in [0.5, 0.6) is 0 Å². The summed E-state index contributed by atoms with van der Waals surface area (Å²) in [4.78, 5) is 14.8. The van der Waals surface area contributed by atoms with Crippen LogP contribution in [0.3, 0.4) is 0 Å². The average Bonchev–Trinajstić information content (AvgIpc) is 2.53. The quantitative estimate of drug-likeness (QED) is 0.480. The number of nitrogens with zero attached hydrogens (tertiary/aromatic N) is 2. The van der Waals surface area contributed by atoms with E-state index in [1.54, 1.807) is 0 Å². The lowest BCUT2D eigenvalue weighted by molar-refractivity contribution is -0.118. The van der Waals surface area contributed by atoms with Crippen LogP contribution >= 0.6 is 0 Å². The first-order valence-electron chi connectivity index (χ1n) is 6.82. The third kappa shape index (κ3) is 4.80. The Morgan fingerprint density at radius 3 is 2.19 bits per heavy atom. The van der Waals surface area contributed by atoms with Crippen molar-refractivity contribution < 1.29 is 9.58 Å². The molecule has 1 unspecified atom stereocenters. The number of carbonyl (C=O) groups excluding carboxylic acids is 1. The molecule has 0 saturated heterocycles. The molecule has 2 rings (SSSR count). The van der Waals surface area contributed by atoms with E-state index in [1.165, 1.54) is 0 Å². The Hall–Kier alpha value is -2.55. The van der Waals surface area contributed by atoms with Gasteiger partial charge < -0.3 is 10.8 Å². The van der Waals surface area contributed by atoms with Gasteiger partial charge in [-0.05, 0) is 17.5 Å². The second-order valence-corrected chi connectivity index (χ2v) is 4.76. The molecule has 0 bridgehead atoms. The van der Waals surface area contributed by atoms with E-state index < -0.39 is 6.04 Å². The zero-order valence-electron chi connectivity index (χ0n) is 11.6. The summed E-state index contributed by atoms with van der Waals surface area (Å²) in [6.07, 6.45) is 1.50. The topological polar surface area (TPSA) is 65.5 Å². The summed E-state index contributed by atoms with van der Waals surface area (Å²) in [5, 5.41) is 3.22. The molecule has 4 nitrogen and oxygen atoms in total. The van der Waals surface area contributed by atoms with Crippen LogP contribution in [0.25, 0.3) is 5.53 Å². The van der Waals surface area contributed by atoms with E-state index in [0.29, 0.717) is 13.0 Å². The highest BCUT2D eigenvalue weighted by atomic mass is 16.1. The normalized spacial score (nSPS) is 11.4. The molecule has 106 valence electrons. The van der Waals surface area contributed by atoms with Gasteiger partial charge in [0.15, 0.2) is 0 Å². The number of benzene rings is 2. The molecule has 2 aromatic rings. The Morgan fingerprint density at radius 2 is 1.62 bits per heavy atom. The van der Waals surface area contributed by atoms with Crippen molar-refractivity contribution in [3.8, 4) is 0 Å². The smallest absolute Gasteiger partial charge is 0.324 e. The zero-order chi connectivity index (χ0) is 14.9. The molecule has 0 aliphatic rings. The SMILES string of the molecule is [N-]=[N+]=CC(=O)C(Cc1ccccc1)NCc1ccccc1. The summed E-state index contributed by atoms with van der Waals surface area (Å²) in [6, 6.07) is 19.2. The van der Waals surface area contributed by atoms with E-state index in [9.17, 15) is 4.79 Å². The van der Waals surface area contributed by atoms with Crippen LogP contribution < -0.4 is 5.32 Å². The van der Waals surface area contributed by atoms with E-state index >= 15 is 0 Å².